The Morgan fingerprint density at radius 2 is 1.81 bits per heavy atom. The van der Waals surface area contributed by atoms with Gasteiger partial charge in [0.05, 0.1) is 6.61 Å². The van der Waals surface area contributed by atoms with Crippen LogP contribution in [-0.4, -0.2) is 34.1 Å². The number of aromatic nitrogens is 2. The highest BCUT2D eigenvalue weighted by Crippen LogP contribution is 2.30. The zero-order valence-electron chi connectivity index (χ0n) is 19.3. The Hall–Kier alpha value is -3.15. The zero-order chi connectivity index (χ0) is 22.7. The summed E-state index contributed by atoms with van der Waals surface area (Å²) in [4.78, 5) is 19.1. The molecule has 0 N–H and O–H groups in total. The molecule has 3 aromatic rings. The van der Waals surface area contributed by atoms with Gasteiger partial charge < -0.3 is 14.2 Å². The normalized spacial score (nSPS) is 16.6. The number of hydrogen-bond donors (Lipinski definition) is 0. The lowest BCUT2D eigenvalue weighted by Gasteiger charge is -2.18. The SMILES string of the molecule is CCCOc1ccc(CN2CC(c3noc(-c4ccc(C(C)(C)C)cc4)n3)CC2=O)cc1. The summed E-state index contributed by atoms with van der Waals surface area (Å²) in [6.45, 7) is 10.5. The maximum atomic E-state index is 12.6. The second kappa shape index (κ2) is 9.15. The van der Waals surface area contributed by atoms with Gasteiger partial charge in [-0.2, -0.15) is 4.98 Å². The van der Waals surface area contributed by atoms with Crippen LogP contribution in [0.4, 0.5) is 0 Å². The van der Waals surface area contributed by atoms with Crippen LogP contribution in [0.25, 0.3) is 11.5 Å². The van der Waals surface area contributed by atoms with E-state index >= 15 is 0 Å². The third kappa shape index (κ3) is 5.01. The lowest BCUT2D eigenvalue weighted by Crippen LogP contribution is -2.24. The van der Waals surface area contributed by atoms with Crippen molar-refractivity contribution in [2.75, 3.05) is 13.2 Å². The van der Waals surface area contributed by atoms with E-state index in [1.165, 1.54) is 5.56 Å². The maximum absolute atomic E-state index is 12.6. The summed E-state index contributed by atoms with van der Waals surface area (Å²) in [5.41, 5.74) is 3.32. The van der Waals surface area contributed by atoms with Crippen molar-refractivity contribution in [3.8, 4) is 17.2 Å². The van der Waals surface area contributed by atoms with Crippen molar-refractivity contribution >= 4 is 5.91 Å². The van der Waals surface area contributed by atoms with Gasteiger partial charge in [-0.1, -0.05) is 57.1 Å². The van der Waals surface area contributed by atoms with Crippen LogP contribution in [0.15, 0.2) is 53.1 Å². The fraction of sp³-hybridized carbons (Fsp3) is 0.423. The largest absolute Gasteiger partial charge is 0.494 e. The van der Waals surface area contributed by atoms with Gasteiger partial charge in [-0.15, -0.1) is 0 Å². The molecule has 0 bridgehead atoms. The highest BCUT2D eigenvalue weighted by atomic mass is 16.5. The fourth-order valence-corrected chi connectivity index (χ4v) is 3.86. The standard InChI is InChI=1S/C26H31N3O3/c1-5-14-31-22-12-6-18(7-13-22)16-29-17-20(15-23(29)30)24-27-25(32-28-24)19-8-10-21(11-9-19)26(2,3)4/h6-13,20H,5,14-17H2,1-4H3. The van der Waals surface area contributed by atoms with Gasteiger partial charge in [-0.25, -0.2) is 0 Å². The second-order valence-corrected chi connectivity index (χ2v) is 9.45. The molecule has 0 aliphatic carbocycles. The molecule has 1 aromatic heterocycles. The van der Waals surface area contributed by atoms with Crippen molar-refractivity contribution < 1.29 is 14.1 Å². The van der Waals surface area contributed by atoms with E-state index < -0.39 is 0 Å². The van der Waals surface area contributed by atoms with Crippen molar-refractivity contribution in [2.45, 2.75) is 58.4 Å². The van der Waals surface area contributed by atoms with Gasteiger partial charge in [-0.3, -0.25) is 4.79 Å². The van der Waals surface area contributed by atoms with E-state index in [-0.39, 0.29) is 17.2 Å². The summed E-state index contributed by atoms with van der Waals surface area (Å²) in [6, 6.07) is 16.2. The van der Waals surface area contributed by atoms with Crippen LogP contribution in [0.1, 0.15) is 63.4 Å². The Balaban J connectivity index is 1.39. The average Bonchev–Trinajstić information content (AvgIpc) is 3.40. The molecule has 1 amide bonds. The summed E-state index contributed by atoms with van der Waals surface area (Å²) in [7, 11) is 0. The van der Waals surface area contributed by atoms with Crippen LogP contribution >= 0.6 is 0 Å². The number of carbonyl (C=O) groups excluding carboxylic acids is 1. The van der Waals surface area contributed by atoms with Gasteiger partial charge in [0.1, 0.15) is 5.75 Å². The molecule has 1 aliphatic heterocycles. The van der Waals surface area contributed by atoms with E-state index in [9.17, 15) is 4.79 Å². The quantitative estimate of drug-likeness (QED) is 0.503. The Morgan fingerprint density at radius 1 is 1.09 bits per heavy atom. The molecule has 4 rings (SSSR count). The van der Waals surface area contributed by atoms with Gasteiger partial charge in [0.2, 0.25) is 5.91 Å². The van der Waals surface area contributed by atoms with Gasteiger partial charge in [0, 0.05) is 31.0 Å². The average molecular weight is 434 g/mol. The van der Waals surface area contributed by atoms with Crippen molar-refractivity contribution in [1.82, 2.24) is 15.0 Å². The molecule has 2 aromatic carbocycles. The van der Waals surface area contributed by atoms with Gasteiger partial charge in [0.25, 0.3) is 5.89 Å². The molecule has 1 saturated heterocycles. The number of ether oxygens (including phenoxy) is 1. The number of amides is 1. The second-order valence-electron chi connectivity index (χ2n) is 9.45. The number of hydrogen-bond acceptors (Lipinski definition) is 5. The summed E-state index contributed by atoms with van der Waals surface area (Å²) in [5.74, 6) is 2.01. The highest BCUT2D eigenvalue weighted by molar-refractivity contribution is 5.79. The summed E-state index contributed by atoms with van der Waals surface area (Å²) in [5, 5.41) is 4.18. The highest BCUT2D eigenvalue weighted by Gasteiger charge is 2.33. The molecular weight excluding hydrogens is 402 g/mol. The molecule has 6 nitrogen and oxygen atoms in total. The Morgan fingerprint density at radius 3 is 2.47 bits per heavy atom. The molecule has 168 valence electrons. The first-order chi connectivity index (χ1) is 15.3. The lowest BCUT2D eigenvalue weighted by atomic mass is 9.87. The third-order valence-corrected chi connectivity index (χ3v) is 5.79. The van der Waals surface area contributed by atoms with Crippen LogP contribution in [0.5, 0.6) is 5.75 Å². The van der Waals surface area contributed by atoms with E-state index in [1.807, 2.05) is 41.3 Å². The predicted octanol–water partition coefficient (Wildman–Crippen LogP) is 5.34. The molecule has 1 fully saturated rings. The van der Waals surface area contributed by atoms with Gasteiger partial charge in [0.15, 0.2) is 5.82 Å². The fourth-order valence-electron chi connectivity index (χ4n) is 3.86. The van der Waals surface area contributed by atoms with Crippen molar-refractivity contribution in [3.05, 3.63) is 65.5 Å². The maximum Gasteiger partial charge on any atom is 0.257 e. The Kier molecular flexibility index (Phi) is 6.31. The zero-order valence-corrected chi connectivity index (χ0v) is 19.3. The van der Waals surface area contributed by atoms with E-state index in [2.05, 4.69) is 50.0 Å². The third-order valence-electron chi connectivity index (χ3n) is 5.79. The van der Waals surface area contributed by atoms with Gasteiger partial charge >= 0.3 is 0 Å². The number of nitrogens with zero attached hydrogens (tertiary/aromatic N) is 3. The summed E-state index contributed by atoms with van der Waals surface area (Å²) < 4.78 is 11.1. The van der Waals surface area contributed by atoms with Crippen LogP contribution < -0.4 is 4.74 Å². The van der Waals surface area contributed by atoms with E-state index in [4.69, 9.17) is 9.26 Å². The van der Waals surface area contributed by atoms with E-state index in [0.29, 0.717) is 37.8 Å². The topological polar surface area (TPSA) is 68.5 Å². The minimum absolute atomic E-state index is 0.0546. The van der Waals surface area contributed by atoms with Crippen LogP contribution in [0, 0.1) is 0 Å². The molecule has 1 atom stereocenters. The molecule has 0 spiro atoms. The molecule has 1 aliphatic rings. The number of carbonyl (C=O) groups is 1. The first kappa shape index (κ1) is 22.1. The molecule has 32 heavy (non-hydrogen) atoms. The molecule has 6 heteroatoms. The number of rotatable bonds is 7. The Labute approximate surface area is 189 Å². The molecule has 1 unspecified atom stereocenters. The first-order valence-electron chi connectivity index (χ1n) is 11.3. The molecule has 0 saturated carbocycles. The van der Waals surface area contributed by atoms with E-state index in [0.717, 1.165) is 23.3 Å². The number of benzene rings is 2. The molecule has 0 radical (unpaired) electrons. The first-order valence-corrected chi connectivity index (χ1v) is 11.3. The lowest BCUT2D eigenvalue weighted by molar-refractivity contribution is -0.128. The molecule has 2 heterocycles. The molecular formula is C26H31N3O3. The van der Waals surface area contributed by atoms with Crippen LogP contribution in [0.3, 0.4) is 0 Å². The minimum Gasteiger partial charge on any atom is -0.494 e. The van der Waals surface area contributed by atoms with Crippen LogP contribution in [-0.2, 0) is 16.8 Å². The Bertz CT molecular complexity index is 1050. The van der Waals surface area contributed by atoms with Crippen molar-refractivity contribution in [2.24, 2.45) is 0 Å². The minimum atomic E-state index is -0.0546. The summed E-state index contributed by atoms with van der Waals surface area (Å²) in [6.07, 6.45) is 1.38. The predicted molar refractivity (Wildman–Crippen MR) is 123 cm³/mol. The monoisotopic (exact) mass is 433 g/mol. The summed E-state index contributed by atoms with van der Waals surface area (Å²) >= 11 is 0. The van der Waals surface area contributed by atoms with Crippen LogP contribution in [0.2, 0.25) is 0 Å². The van der Waals surface area contributed by atoms with Crippen molar-refractivity contribution in [3.63, 3.8) is 0 Å². The smallest absolute Gasteiger partial charge is 0.257 e. The van der Waals surface area contributed by atoms with Gasteiger partial charge in [-0.05, 0) is 47.2 Å². The van der Waals surface area contributed by atoms with Crippen molar-refractivity contribution in [1.29, 1.82) is 0 Å². The van der Waals surface area contributed by atoms with E-state index in [1.54, 1.807) is 0 Å². The number of likely N-dealkylation sites (tertiary alicyclic amines) is 1.